The Morgan fingerprint density at radius 3 is 1.80 bits per heavy atom. The highest BCUT2D eigenvalue weighted by Crippen LogP contribution is 2.37. The number of hydrogen-bond acceptors (Lipinski definition) is 1. The molecule has 0 N–H and O–H groups in total. The van der Waals surface area contributed by atoms with Gasteiger partial charge >= 0.3 is 0 Å². The number of rotatable bonds is 8. The molecule has 1 aliphatic rings. The molecule has 0 aromatic heterocycles. The van der Waals surface area contributed by atoms with E-state index in [1.807, 2.05) is 0 Å². The maximum Gasteiger partial charge on any atom is 0.261 e. The van der Waals surface area contributed by atoms with Crippen LogP contribution >= 0.6 is 0 Å². The summed E-state index contributed by atoms with van der Waals surface area (Å²) in [7, 11) is -2.31. The predicted octanol–water partition coefficient (Wildman–Crippen LogP) is 5.14. The van der Waals surface area contributed by atoms with Crippen molar-refractivity contribution in [3.8, 4) is 0 Å². The average Bonchev–Trinajstić information content (AvgIpc) is 3.43. The van der Waals surface area contributed by atoms with Gasteiger partial charge in [0.1, 0.15) is 0 Å². The highest BCUT2D eigenvalue weighted by molar-refractivity contribution is 6.99. The van der Waals surface area contributed by atoms with Gasteiger partial charge < -0.3 is 4.43 Å². The Morgan fingerprint density at radius 1 is 0.840 bits per heavy atom. The van der Waals surface area contributed by atoms with Crippen LogP contribution in [-0.2, 0) is 4.43 Å². The minimum atomic E-state index is -2.31. The highest BCUT2D eigenvalue weighted by Gasteiger charge is 2.49. The fourth-order valence-corrected chi connectivity index (χ4v) is 8.53. The van der Waals surface area contributed by atoms with Crippen molar-refractivity contribution in [3.63, 3.8) is 0 Å². The molecule has 0 spiro atoms. The zero-order valence-electron chi connectivity index (χ0n) is 16.0. The SMILES string of the molecule is CC(C)(C)[Si](OCCCCC1CC1)(c1ccccc1)c1ccccc1. The third-order valence-corrected chi connectivity index (χ3v) is 10.5. The summed E-state index contributed by atoms with van der Waals surface area (Å²) in [6.45, 7) is 7.93. The van der Waals surface area contributed by atoms with Gasteiger partial charge in [-0.25, -0.2) is 0 Å². The Morgan fingerprint density at radius 2 is 1.36 bits per heavy atom. The van der Waals surface area contributed by atoms with Crippen LogP contribution in [0.3, 0.4) is 0 Å². The summed E-state index contributed by atoms with van der Waals surface area (Å²) in [6, 6.07) is 21.9. The second kappa shape index (κ2) is 7.88. The molecular formula is C23H32OSi. The molecule has 0 radical (unpaired) electrons. The molecule has 134 valence electrons. The zero-order chi connectivity index (χ0) is 17.8. The van der Waals surface area contributed by atoms with Crippen molar-refractivity contribution in [3.05, 3.63) is 60.7 Å². The molecule has 0 amide bonds. The Bertz CT molecular complexity index is 601. The topological polar surface area (TPSA) is 9.23 Å². The normalized spacial score (nSPS) is 15.3. The lowest BCUT2D eigenvalue weighted by Crippen LogP contribution is -2.66. The number of unbranched alkanes of at least 4 members (excludes halogenated alkanes) is 1. The summed E-state index contributed by atoms with van der Waals surface area (Å²) in [5.41, 5.74) is 0. The molecule has 1 saturated carbocycles. The van der Waals surface area contributed by atoms with Gasteiger partial charge in [0.25, 0.3) is 8.32 Å². The summed E-state index contributed by atoms with van der Waals surface area (Å²) in [4.78, 5) is 0. The van der Waals surface area contributed by atoms with Crippen molar-refractivity contribution >= 4 is 18.7 Å². The predicted molar refractivity (Wildman–Crippen MR) is 110 cm³/mol. The monoisotopic (exact) mass is 352 g/mol. The summed E-state index contributed by atoms with van der Waals surface area (Å²) in [6.07, 6.45) is 6.79. The number of benzene rings is 2. The first kappa shape index (κ1) is 18.4. The van der Waals surface area contributed by atoms with Gasteiger partial charge in [-0.2, -0.15) is 0 Å². The zero-order valence-corrected chi connectivity index (χ0v) is 17.0. The molecule has 2 heteroatoms. The fraction of sp³-hybridized carbons (Fsp3) is 0.478. The molecule has 25 heavy (non-hydrogen) atoms. The number of hydrogen-bond donors (Lipinski definition) is 0. The molecular weight excluding hydrogens is 320 g/mol. The van der Waals surface area contributed by atoms with Crippen molar-refractivity contribution in [2.24, 2.45) is 5.92 Å². The van der Waals surface area contributed by atoms with Crippen LogP contribution in [0.25, 0.3) is 0 Å². The van der Waals surface area contributed by atoms with E-state index in [1.165, 1.54) is 42.5 Å². The standard InChI is InChI=1S/C23H32OSi/c1-23(2,3)25(21-13-6-4-7-14-21,22-15-8-5-9-16-22)24-19-11-10-12-20-17-18-20/h4-9,13-16,20H,10-12,17-19H2,1-3H3. The van der Waals surface area contributed by atoms with E-state index in [-0.39, 0.29) is 5.04 Å². The smallest absolute Gasteiger partial charge is 0.261 e. The Kier molecular flexibility index (Phi) is 5.80. The van der Waals surface area contributed by atoms with E-state index in [0.29, 0.717) is 0 Å². The van der Waals surface area contributed by atoms with Gasteiger partial charge in [-0.15, -0.1) is 0 Å². The van der Waals surface area contributed by atoms with Crippen molar-refractivity contribution in [2.75, 3.05) is 6.61 Å². The van der Waals surface area contributed by atoms with E-state index >= 15 is 0 Å². The third-order valence-electron chi connectivity index (χ3n) is 5.44. The van der Waals surface area contributed by atoms with Crippen LogP contribution in [0.2, 0.25) is 5.04 Å². The van der Waals surface area contributed by atoms with Gasteiger partial charge in [0.15, 0.2) is 0 Å². The molecule has 3 rings (SSSR count). The first-order chi connectivity index (χ1) is 12.0. The van der Waals surface area contributed by atoms with E-state index in [2.05, 4.69) is 81.4 Å². The summed E-state index contributed by atoms with van der Waals surface area (Å²) >= 11 is 0. The van der Waals surface area contributed by atoms with E-state index in [0.717, 1.165) is 12.5 Å². The Hall–Kier alpha value is -1.38. The maximum absolute atomic E-state index is 6.91. The molecule has 0 bridgehead atoms. The van der Waals surface area contributed by atoms with E-state index in [9.17, 15) is 0 Å². The van der Waals surface area contributed by atoms with Gasteiger partial charge in [-0.3, -0.25) is 0 Å². The molecule has 0 aliphatic heterocycles. The molecule has 0 heterocycles. The second-order valence-corrected chi connectivity index (χ2v) is 12.8. The van der Waals surface area contributed by atoms with E-state index < -0.39 is 8.32 Å². The van der Waals surface area contributed by atoms with Crippen LogP contribution in [0.4, 0.5) is 0 Å². The van der Waals surface area contributed by atoms with Gasteiger partial charge in [-0.1, -0.05) is 107 Å². The molecule has 1 aliphatic carbocycles. The van der Waals surface area contributed by atoms with E-state index in [4.69, 9.17) is 4.43 Å². The molecule has 0 unspecified atom stereocenters. The summed E-state index contributed by atoms with van der Waals surface area (Å²) < 4.78 is 6.91. The lowest BCUT2D eigenvalue weighted by Gasteiger charge is -2.43. The largest absolute Gasteiger partial charge is 0.407 e. The van der Waals surface area contributed by atoms with Gasteiger partial charge in [0.05, 0.1) is 0 Å². The van der Waals surface area contributed by atoms with Crippen LogP contribution in [0.5, 0.6) is 0 Å². The minimum Gasteiger partial charge on any atom is -0.407 e. The first-order valence-electron chi connectivity index (χ1n) is 9.79. The van der Waals surface area contributed by atoms with Crippen molar-refractivity contribution in [1.82, 2.24) is 0 Å². The van der Waals surface area contributed by atoms with Crippen molar-refractivity contribution in [1.29, 1.82) is 0 Å². The Balaban J connectivity index is 1.88. The molecule has 2 aromatic carbocycles. The first-order valence-corrected chi connectivity index (χ1v) is 11.7. The van der Waals surface area contributed by atoms with Crippen LogP contribution in [0.1, 0.15) is 52.9 Å². The molecule has 0 atom stereocenters. The summed E-state index contributed by atoms with van der Waals surface area (Å²) in [5, 5.41) is 2.86. The maximum atomic E-state index is 6.91. The van der Waals surface area contributed by atoms with Crippen LogP contribution in [0.15, 0.2) is 60.7 Å². The molecule has 0 saturated heterocycles. The molecule has 1 fully saturated rings. The lowest BCUT2D eigenvalue weighted by molar-refractivity contribution is 0.286. The molecule has 1 nitrogen and oxygen atoms in total. The van der Waals surface area contributed by atoms with E-state index in [1.54, 1.807) is 0 Å². The van der Waals surface area contributed by atoms with Gasteiger partial charge in [0, 0.05) is 6.61 Å². The van der Waals surface area contributed by atoms with Crippen molar-refractivity contribution < 1.29 is 4.43 Å². The van der Waals surface area contributed by atoms with Crippen LogP contribution in [-0.4, -0.2) is 14.9 Å². The van der Waals surface area contributed by atoms with Crippen LogP contribution < -0.4 is 10.4 Å². The summed E-state index contributed by atoms with van der Waals surface area (Å²) in [5.74, 6) is 1.02. The highest BCUT2D eigenvalue weighted by atomic mass is 28.4. The minimum absolute atomic E-state index is 0.0895. The van der Waals surface area contributed by atoms with Gasteiger partial charge in [0.2, 0.25) is 0 Å². The third kappa shape index (κ3) is 4.24. The average molecular weight is 353 g/mol. The quantitative estimate of drug-likeness (QED) is 0.472. The van der Waals surface area contributed by atoms with Crippen molar-refractivity contribution in [2.45, 2.75) is 57.9 Å². The second-order valence-electron chi connectivity index (χ2n) is 8.45. The van der Waals surface area contributed by atoms with Gasteiger partial charge in [-0.05, 0) is 27.8 Å². The van der Waals surface area contributed by atoms with Crippen LogP contribution in [0, 0.1) is 5.92 Å². The Labute approximate surface area is 154 Å². The lowest BCUT2D eigenvalue weighted by atomic mass is 10.2. The molecule has 2 aromatic rings. The fourth-order valence-electron chi connectivity index (χ4n) is 3.93.